The van der Waals surface area contributed by atoms with E-state index in [9.17, 15) is 33.4 Å². The van der Waals surface area contributed by atoms with Gasteiger partial charge in [-0.05, 0) is 30.7 Å². The van der Waals surface area contributed by atoms with Gasteiger partial charge in [0.2, 0.25) is 23.0 Å². The zero-order valence-electron chi connectivity index (χ0n) is 19.5. The summed E-state index contributed by atoms with van der Waals surface area (Å²) in [5.41, 5.74) is 11.3. The lowest BCUT2D eigenvalue weighted by Crippen LogP contribution is -2.41. The monoisotopic (exact) mass is 562 g/mol. The largest absolute Gasteiger partial charge is 0.369 e. The van der Waals surface area contributed by atoms with Crippen molar-refractivity contribution in [1.29, 1.82) is 0 Å². The number of aliphatic imine (C=N–C) groups is 1. The van der Waals surface area contributed by atoms with Gasteiger partial charge < -0.3 is 16.8 Å². The Labute approximate surface area is 217 Å². The van der Waals surface area contributed by atoms with Crippen molar-refractivity contribution in [3.8, 4) is 10.6 Å². The van der Waals surface area contributed by atoms with Gasteiger partial charge in [0.25, 0.3) is 21.4 Å². The zero-order chi connectivity index (χ0) is 28.2. The first kappa shape index (κ1) is 27.5. The van der Waals surface area contributed by atoms with Gasteiger partial charge in [-0.3, -0.25) is 30.3 Å². The van der Waals surface area contributed by atoms with E-state index < -0.39 is 43.2 Å². The highest BCUT2D eigenvalue weighted by atomic mass is 32.2. The van der Waals surface area contributed by atoms with E-state index in [-0.39, 0.29) is 26.5 Å². The number of rotatable bonds is 7. The number of nitrogens with two attached hydrogens (primary N) is 2. The molecular weight excluding hydrogens is 544 g/mol. The van der Waals surface area contributed by atoms with Gasteiger partial charge in [-0.1, -0.05) is 11.3 Å². The van der Waals surface area contributed by atoms with E-state index in [0.29, 0.717) is 11.3 Å². The number of benzene rings is 2. The van der Waals surface area contributed by atoms with Gasteiger partial charge in [0.15, 0.2) is 0 Å². The standard InChI is InChI=1S/C19H18N10O7S2/c1-9-5-14(3-4-15(9)22-10(2)30)38(35,36)27-18(21)23-17(20)24-19-26-25-16(37-19)11-6-12(28(31)32)8-13(7-11)29(33)34/h3-8H,1-2H3,(H,22,30)(H5,20,21,23,24,26,27). The molecule has 0 unspecified atom stereocenters. The highest BCUT2D eigenvalue weighted by molar-refractivity contribution is 7.90. The molecule has 1 heterocycles. The second-order valence-corrected chi connectivity index (χ2v) is 9.93. The molecule has 0 saturated carbocycles. The predicted octanol–water partition coefficient (Wildman–Crippen LogP) is 1.53. The molecular formula is C19H18N10O7S2. The van der Waals surface area contributed by atoms with E-state index >= 15 is 0 Å². The number of carbonyl (C=O) groups is 1. The van der Waals surface area contributed by atoms with Crippen LogP contribution in [0.3, 0.4) is 0 Å². The first-order valence-electron chi connectivity index (χ1n) is 10.1. The van der Waals surface area contributed by atoms with Crippen LogP contribution in [0.1, 0.15) is 12.5 Å². The Morgan fingerprint density at radius 1 is 1.03 bits per heavy atom. The van der Waals surface area contributed by atoms with Gasteiger partial charge in [-0.15, -0.1) is 14.6 Å². The van der Waals surface area contributed by atoms with E-state index in [4.69, 9.17) is 11.5 Å². The number of hydrogen-bond acceptors (Lipinski definition) is 11. The molecule has 0 bridgehead atoms. The summed E-state index contributed by atoms with van der Waals surface area (Å²) in [7, 11) is -4.26. The lowest BCUT2D eigenvalue weighted by molar-refractivity contribution is -0.394. The van der Waals surface area contributed by atoms with Crippen LogP contribution in [0.15, 0.2) is 50.7 Å². The highest BCUT2D eigenvalue weighted by Gasteiger charge is 2.20. The number of nitro groups is 2. The average molecular weight is 563 g/mol. The van der Waals surface area contributed by atoms with Gasteiger partial charge >= 0.3 is 0 Å². The van der Waals surface area contributed by atoms with Crippen LogP contribution in [0.25, 0.3) is 10.6 Å². The van der Waals surface area contributed by atoms with Crippen molar-refractivity contribution < 1.29 is 23.1 Å². The third-order valence-electron chi connectivity index (χ3n) is 4.48. The van der Waals surface area contributed by atoms with Crippen LogP contribution in [-0.4, -0.2) is 46.3 Å². The number of nitrogens with one attached hydrogen (secondary N) is 2. The molecule has 0 fully saturated rings. The minimum Gasteiger partial charge on any atom is -0.369 e. The molecule has 17 nitrogen and oxygen atoms in total. The van der Waals surface area contributed by atoms with Crippen LogP contribution in [0.2, 0.25) is 0 Å². The summed E-state index contributed by atoms with van der Waals surface area (Å²) in [5, 5.41) is 34.6. The molecule has 0 aliphatic carbocycles. The molecule has 0 spiro atoms. The number of amides is 1. The fourth-order valence-corrected chi connectivity index (χ4v) is 4.59. The summed E-state index contributed by atoms with van der Waals surface area (Å²) in [6.07, 6.45) is 0. The number of carbonyl (C=O) groups excluding carboxylic acids is 1. The topological polar surface area (TPSA) is 264 Å². The van der Waals surface area contributed by atoms with Crippen molar-refractivity contribution in [3.63, 3.8) is 0 Å². The van der Waals surface area contributed by atoms with Crippen LogP contribution in [-0.2, 0) is 14.8 Å². The zero-order valence-corrected chi connectivity index (χ0v) is 21.1. The Morgan fingerprint density at radius 2 is 1.66 bits per heavy atom. The van der Waals surface area contributed by atoms with Crippen LogP contribution in [0.4, 0.5) is 22.2 Å². The maximum atomic E-state index is 12.6. The molecule has 0 radical (unpaired) electrons. The molecule has 0 aliphatic rings. The molecule has 3 rings (SSSR count). The Hall–Kier alpha value is -5.04. The average Bonchev–Trinajstić information content (AvgIpc) is 3.27. The third kappa shape index (κ3) is 6.79. The smallest absolute Gasteiger partial charge is 0.285 e. The molecule has 2 aromatic carbocycles. The lowest BCUT2D eigenvalue weighted by Gasteiger charge is -2.08. The second-order valence-electron chi connectivity index (χ2n) is 7.37. The van der Waals surface area contributed by atoms with Gasteiger partial charge in [0.1, 0.15) is 5.01 Å². The number of anilines is 1. The fraction of sp³-hybridized carbons (Fsp3) is 0.105. The Balaban J connectivity index is 1.80. The van der Waals surface area contributed by atoms with E-state index in [1.54, 1.807) is 6.92 Å². The molecule has 6 N–H and O–H groups in total. The summed E-state index contributed by atoms with van der Waals surface area (Å²) in [5.74, 6) is -1.35. The molecule has 3 aromatic rings. The maximum absolute atomic E-state index is 12.6. The number of nitro benzene ring substituents is 2. The van der Waals surface area contributed by atoms with Crippen LogP contribution in [0.5, 0.6) is 0 Å². The van der Waals surface area contributed by atoms with Gasteiger partial charge in [-0.2, -0.15) is 13.4 Å². The van der Waals surface area contributed by atoms with E-state index in [1.807, 2.05) is 0 Å². The van der Waals surface area contributed by atoms with Crippen molar-refractivity contribution in [1.82, 2.24) is 15.5 Å². The van der Waals surface area contributed by atoms with Gasteiger partial charge in [-0.25, -0.2) is 0 Å². The summed E-state index contributed by atoms with van der Waals surface area (Å²) in [6.45, 7) is 2.91. The minimum atomic E-state index is -4.26. The first-order valence-corrected chi connectivity index (χ1v) is 12.4. The number of guanidine groups is 2. The molecule has 19 heteroatoms. The van der Waals surface area contributed by atoms with E-state index in [0.717, 1.165) is 29.5 Å². The van der Waals surface area contributed by atoms with Crippen molar-refractivity contribution in [2.75, 3.05) is 5.32 Å². The summed E-state index contributed by atoms with van der Waals surface area (Å²) in [4.78, 5) is 35.5. The Kier molecular flexibility index (Phi) is 7.92. The summed E-state index contributed by atoms with van der Waals surface area (Å²) in [6, 6.07) is 6.92. The number of sulfonamides is 1. The van der Waals surface area contributed by atoms with Gasteiger partial charge in [0, 0.05) is 30.3 Å². The van der Waals surface area contributed by atoms with E-state index in [1.165, 1.54) is 25.1 Å². The van der Waals surface area contributed by atoms with Crippen molar-refractivity contribution in [3.05, 3.63) is 62.2 Å². The number of hydrogen-bond donors (Lipinski definition) is 4. The SMILES string of the molecule is CC(=O)Nc1ccc(S(=O)(=O)N=C(N)NC(N)=Nc2nnc(-c3cc([N+](=O)[O-])cc([N+](=O)[O-])c3)s2)cc1C. The normalized spacial score (nSPS) is 12.2. The maximum Gasteiger partial charge on any atom is 0.285 e. The molecule has 198 valence electrons. The highest BCUT2D eigenvalue weighted by Crippen LogP contribution is 2.33. The van der Waals surface area contributed by atoms with Gasteiger partial charge in [0.05, 0.1) is 20.8 Å². The van der Waals surface area contributed by atoms with Crippen LogP contribution >= 0.6 is 11.3 Å². The van der Waals surface area contributed by atoms with Crippen LogP contribution < -0.4 is 22.1 Å². The lowest BCUT2D eigenvalue weighted by atomic mass is 10.2. The third-order valence-corrected chi connectivity index (χ3v) is 6.64. The first-order chi connectivity index (χ1) is 17.7. The molecule has 1 amide bonds. The predicted molar refractivity (Wildman–Crippen MR) is 137 cm³/mol. The van der Waals surface area contributed by atoms with Crippen LogP contribution in [0, 0.1) is 27.2 Å². The molecule has 0 saturated heterocycles. The second kappa shape index (κ2) is 10.9. The number of non-ortho nitro benzene ring substituents is 2. The quantitative estimate of drug-likeness (QED) is 0.138. The molecule has 0 aliphatic heterocycles. The van der Waals surface area contributed by atoms with Crippen molar-refractivity contribution in [2.24, 2.45) is 20.9 Å². The van der Waals surface area contributed by atoms with E-state index in [2.05, 4.69) is 30.2 Å². The number of aryl methyl sites for hydroxylation is 1. The van der Waals surface area contributed by atoms with Crippen molar-refractivity contribution in [2.45, 2.75) is 18.7 Å². The Bertz CT molecular complexity index is 1580. The van der Waals surface area contributed by atoms with Crippen molar-refractivity contribution >= 4 is 61.4 Å². The Morgan fingerprint density at radius 3 is 2.21 bits per heavy atom. The molecule has 38 heavy (non-hydrogen) atoms. The summed E-state index contributed by atoms with van der Waals surface area (Å²) < 4.78 is 28.6. The number of aromatic nitrogens is 2. The number of nitrogens with zero attached hydrogens (tertiary/aromatic N) is 6. The minimum absolute atomic E-state index is 0.0587. The fourth-order valence-electron chi connectivity index (χ4n) is 2.90. The molecule has 1 aromatic heterocycles. The summed E-state index contributed by atoms with van der Waals surface area (Å²) >= 11 is 0.796. The molecule has 0 atom stereocenters.